The molecule has 0 fully saturated rings. The van der Waals surface area contributed by atoms with E-state index in [9.17, 15) is 24.3 Å². The van der Waals surface area contributed by atoms with E-state index in [1.165, 1.54) is 12.5 Å². The zero-order valence-electron chi connectivity index (χ0n) is 21.1. The van der Waals surface area contributed by atoms with Gasteiger partial charge >= 0.3 is 5.97 Å². The van der Waals surface area contributed by atoms with Gasteiger partial charge in [0.25, 0.3) is 0 Å². The molecule has 0 spiro atoms. The summed E-state index contributed by atoms with van der Waals surface area (Å²) in [4.78, 5) is 57.7. The largest absolute Gasteiger partial charge is 0.480 e. The minimum Gasteiger partial charge on any atom is -0.480 e. The number of benzene rings is 2. The topological polar surface area (TPSA) is 179 Å². The predicted molar refractivity (Wildman–Crippen MR) is 148 cm³/mol. The van der Waals surface area contributed by atoms with Crippen LogP contribution in [0.5, 0.6) is 0 Å². The summed E-state index contributed by atoms with van der Waals surface area (Å²) in [5.41, 5.74) is 8.18. The lowest BCUT2D eigenvalue weighted by Crippen LogP contribution is -2.58. The fraction of sp³-hybridized carbons (Fsp3) is 0.296. The molecule has 4 unspecified atom stereocenters. The lowest BCUT2D eigenvalue weighted by atomic mass is 10.0. The van der Waals surface area contributed by atoms with Gasteiger partial charge in [-0.3, -0.25) is 14.4 Å². The summed E-state index contributed by atoms with van der Waals surface area (Å²) < 4.78 is 0. The van der Waals surface area contributed by atoms with Crippen LogP contribution in [0.2, 0.25) is 0 Å². The number of nitrogens with two attached hydrogens (primary N) is 1. The molecule has 3 rings (SSSR count). The molecule has 0 saturated heterocycles. The van der Waals surface area contributed by atoms with Crippen LogP contribution in [-0.2, 0) is 38.4 Å². The van der Waals surface area contributed by atoms with Gasteiger partial charge in [-0.05, 0) is 17.5 Å². The molecule has 7 N–H and O–H groups in total. The van der Waals surface area contributed by atoms with Crippen molar-refractivity contribution < 1.29 is 24.3 Å². The van der Waals surface area contributed by atoms with E-state index in [0.717, 1.165) is 11.1 Å². The zero-order valence-corrected chi connectivity index (χ0v) is 22.0. The average Bonchev–Trinajstić information content (AvgIpc) is 3.45. The maximum Gasteiger partial charge on any atom is 0.326 e. The molecule has 2 aromatic carbocycles. The van der Waals surface area contributed by atoms with Crippen LogP contribution in [0, 0.1) is 0 Å². The van der Waals surface area contributed by atoms with Gasteiger partial charge in [0, 0.05) is 30.5 Å². The van der Waals surface area contributed by atoms with E-state index in [1.807, 2.05) is 30.3 Å². The second kappa shape index (κ2) is 14.7. The molecule has 12 heteroatoms. The van der Waals surface area contributed by atoms with Gasteiger partial charge in [-0.15, -0.1) is 0 Å². The first-order valence-electron chi connectivity index (χ1n) is 12.3. The fourth-order valence-corrected chi connectivity index (χ4v) is 4.11. The number of amides is 3. The van der Waals surface area contributed by atoms with Crippen molar-refractivity contribution >= 4 is 36.3 Å². The average molecular weight is 553 g/mol. The van der Waals surface area contributed by atoms with Gasteiger partial charge in [0.05, 0.1) is 12.4 Å². The highest BCUT2D eigenvalue weighted by atomic mass is 32.1. The Morgan fingerprint density at radius 2 is 1.33 bits per heavy atom. The first kappa shape index (κ1) is 29.4. The summed E-state index contributed by atoms with van der Waals surface area (Å²) in [7, 11) is 0. The molecule has 0 aliphatic heterocycles. The van der Waals surface area contributed by atoms with Crippen molar-refractivity contribution in [3.05, 3.63) is 90.0 Å². The quantitative estimate of drug-likeness (QED) is 0.140. The summed E-state index contributed by atoms with van der Waals surface area (Å²) in [6.07, 6.45) is 3.26. The van der Waals surface area contributed by atoms with Crippen LogP contribution in [0.1, 0.15) is 16.8 Å². The van der Waals surface area contributed by atoms with E-state index in [0.29, 0.717) is 5.69 Å². The second-order valence-corrected chi connectivity index (χ2v) is 9.34. The first-order chi connectivity index (χ1) is 18.8. The molecule has 0 aliphatic carbocycles. The number of H-pyrrole nitrogens is 1. The molecule has 206 valence electrons. The Bertz CT molecular complexity index is 1230. The van der Waals surface area contributed by atoms with Crippen molar-refractivity contribution in [3.63, 3.8) is 0 Å². The molecule has 39 heavy (non-hydrogen) atoms. The van der Waals surface area contributed by atoms with E-state index >= 15 is 0 Å². The number of thiol groups is 1. The number of aromatic amines is 1. The molecular weight excluding hydrogens is 520 g/mol. The Morgan fingerprint density at radius 1 is 0.795 bits per heavy atom. The van der Waals surface area contributed by atoms with Crippen molar-refractivity contribution in [1.29, 1.82) is 0 Å². The highest BCUT2D eigenvalue weighted by Crippen LogP contribution is 2.07. The van der Waals surface area contributed by atoms with Crippen LogP contribution in [-0.4, -0.2) is 68.7 Å². The van der Waals surface area contributed by atoms with Gasteiger partial charge in [-0.25, -0.2) is 9.78 Å². The molecule has 11 nitrogen and oxygen atoms in total. The van der Waals surface area contributed by atoms with Gasteiger partial charge in [-0.1, -0.05) is 60.7 Å². The summed E-state index contributed by atoms with van der Waals surface area (Å²) in [5, 5.41) is 17.4. The van der Waals surface area contributed by atoms with Crippen LogP contribution in [0.25, 0.3) is 0 Å². The van der Waals surface area contributed by atoms with Gasteiger partial charge in [-0.2, -0.15) is 12.6 Å². The molecule has 0 saturated carbocycles. The molecule has 0 aliphatic rings. The highest BCUT2D eigenvalue weighted by Gasteiger charge is 2.30. The van der Waals surface area contributed by atoms with Crippen LogP contribution >= 0.6 is 12.6 Å². The van der Waals surface area contributed by atoms with Crippen LogP contribution in [0.4, 0.5) is 0 Å². The normalized spacial score (nSPS) is 13.9. The number of nitrogens with one attached hydrogen (secondary N) is 4. The third-order valence-electron chi connectivity index (χ3n) is 5.96. The number of aliphatic carboxylic acids is 1. The van der Waals surface area contributed by atoms with Gasteiger partial charge in [0.1, 0.15) is 18.1 Å². The predicted octanol–water partition coefficient (Wildman–Crippen LogP) is 0.234. The standard InChI is InChI=1S/C27H32N6O5S/c28-20(11-17-7-3-1-4-8-17)24(34)33-23(15-39)26(36)31-21(13-19-14-29-16-30-19)25(35)32-22(27(37)38)12-18-9-5-2-6-10-18/h1-10,14,16,20-23,39H,11-13,15,28H2,(H,29,30)(H,31,36)(H,32,35)(H,33,34)(H,37,38). The SMILES string of the molecule is NC(Cc1ccccc1)C(=O)NC(CS)C(=O)NC(Cc1cnc[nH]1)C(=O)NC(Cc1ccccc1)C(=O)O. The Morgan fingerprint density at radius 3 is 1.87 bits per heavy atom. The number of carbonyl (C=O) groups excluding carboxylic acids is 3. The Kier molecular flexibility index (Phi) is 11.1. The number of hydrogen-bond acceptors (Lipinski definition) is 7. The summed E-state index contributed by atoms with van der Waals surface area (Å²) in [6.45, 7) is 0. The van der Waals surface area contributed by atoms with Crippen LogP contribution in [0.3, 0.4) is 0 Å². The summed E-state index contributed by atoms with van der Waals surface area (Å²) in [5.74, 6) is -3.19. The molecule has 1 aromatic heterocycles. The minimum atomic E-state index is -1.22. The van der Waals surface area contributed by atoms with E-state index in [-0.39, 0.29) is 25.0 Å². The fourth-order valence-electron chi connectivity index (χ4n) is 3.85. The lowest BCUT2D eigenvalue weighted by molar-refractivity contribution is -0.142. The molecule has 3 amide bonds. The maximum atomic E-state index is 13.2. The smallest absolute Gasteiger partial charge is 0.326 e. The van der Waals surface area contributed by atoms with E-state index < -0.39 is 47.9 Å². The Balaban J connectivity index is 1.67. The maximum absolute atomic E-state index is 13.2. The van der Waals surface area contributed by atoms with E-state index in [2.05, 4.69) is 38.5 Å². The Labute approximate surface area is 231 Å². The van der Waals surface area contributed by atoms with Crippen molar-refractivity contribution in [2.24, 2.45) is 5.73 Å². The highest BCUT2D eigenvalue weighted by molar-refractivity contribution is 7.80. The lowest BCUT2D eigenvalue weighted by Gasteiger charge is -2.24. The number of rotatable bonds is 14. The first-order valence-corrected chi connectivity index (χ1v) is 13.0. The number of carbonyl (C=O) groups is 4. The molecule has 1 heterocycles. The molecule has 3 aromatic rings. The number of hydrogen-bond donors (Lipinski definition) is 7. The number of carboxylic acids is 1. The minimum absolute atomic E-state index is 0.00993. The number of imidazole rings is 1. The van der Waals surface area contributed by atoms with Gasteiger partial charge < -0.3 is 31.8 Å². The third kappa shape index (κ3) is 9.27. The number of nitrogens with zero attached hydrogens (tertiary/aromatic N) is 1. The van der Waals surface area contributed by atoms with E-state index in [1.54, 1.807) is 30.3 Å². The summed E-state index contributed by atoms with van der Waals surface area (Å²) >= 11 is 4.19. The van der Waals surface area contributed by atoms with Crippen molar-refractivity contribution in [3.8, 4) is 0 Å². The van der Waals surface area contributed by atoms with Crippen molar-refractivity contribution in [2.45, 2.75) is 43.4 Å². The molecule has 0 bridgehead atoms. The molecular formula is C27H32N6O5S. The second-order valence-electron chi connectivity index (χ2n) is 8.97. The Hall–Kier alpha value is -4.16. The van der Waals surface area contributed by atoms with Gasteiger partial charge in [0.15, 0.2) is 0 Å². The summed E-state index contributed by atoms with van der Waals surface area (Å²) in [6, 6.07) is 13.7. The van der Waals surface area contributed by atoms with Gasteiger partial charge in [0.2, 0.25) is 17.7 Å². The zero-order chi connectivity index (χ0) is 28.2. The van der Waals surface area contributed by atoms with Crippen molar-refractivity contribution in [2.75, 3.05) is 5.75 Å². The molecule has 4 atom stereocenters. The van der Waals surface area contributed by atoms with Crippen LogP contribution in [0.15, 0.2) is 73.2 Å². The number of carboxylic acid groups (broad SMARTS) is 1. The monoisotopic (exact) mass is 552 g/mol. The molecule has 0 radical (unpaired) electrons. The van der Waals surface area contributed by atoms with Crippen molar-refractivity contribution in [1.82, 2.24) is 25.9 Å². The third-order valence-corrected chi connectivity index (χ3v) is 6.33. The van der Waals surface area contributed by atoms with Crippen LogP contribution < -0.4 is 21.7 Å². The van der Waals surface area contributed by atoms with E-state index in [4.69, 9.17) is 5.73 Å². The number of aromatic nitrogens is 2.